The summed E-state index contributed by atoms with van der Waals surface area (Å²) in [6, 6.07) is 3.60. The summed E-state index contributed by atoms with van der Waals surface area (Å²) in [5.41, 5.74) is 0.0349. The van der Waals surface area contributed by atoms with Gasteiger partial charge in [0.15, 0.2) is 0 Å². The van der Waals surface area contributed by atoms with Crippen LogP contribution in [0.15, 0.2) is 12.1 Å². The van der Waals surface area contributed by atoms with Gasteiger partial charge in [0.25, 0.3) is 0 Å². The summed E-state index contributed by atoms with van der Waals surface area (Å²) in [6.45, 7) is 4.93. The minimum atomic E-state index is -0.383. The van der Waals surface area contributed by atoms with Gasteiger partial charge in [0.1, 0.15) is 5.15 Å². The van der Waals surface area contributed by atoms with Crippen molar-refractivity contribution < 1.29 is 4.92 Å². The van der Waals surface area contributed by atoms with Gasteiger partial charge in [-0.15, -0.1) is 0 Å². The fourth-order valence-electron chi connectivity index (χ4n) is 3.25. The lowest BCUT2D eigenvalue weighted by Gasteiger charge is -2.42. The molecule has 2 fully saturated rings. The molecule has 3 heterocycles. The summed E-state index contributed by atoms with van der Waals surface area (Å²) in [4.78, 5) is 19.5. The molecule has 2 unspecified atom stereocenters. The first kappa shape index (κ1) is 13.6. The van der Waals surface area contributed by atoms with E-state index in [0.29, 0.717) is 17.0 Å². The highest BCUT2D eigenvalue weighted by atomic mass is 35.5. The van der Waals surface area contributed by atoms with Gasteiger partial charge in [-0.25, -0.2) is 4.98 Å². The van der Waals surface area contributed by atoms with E-state index in [1.807, 2.05) is 4.90 Å². The van der Waals surface area contributed by atoms with Crippen molar-refractivity contribution in [1.82, 2.24) is 9.88 Å². The molecule has 2 saturated heterocycles. The lowest BCUT2D eigenvalue weighted by Crippen LogP contribution is -2.55. The number of hydrogen-bond acceptors (Lipinski definition) is 5. The molecule has 1 aromatic rings. The SMILES string of the molecule is CC1CN2CCCC2CN1c1nc(Cl)ccc1[N+](=O)[O-]. The van der Waals surface area contributed by atoms with Gasteiger partial charge in [0, 0.05) is 31.2 Å². The molecule has 1 aromatic heterocycles. The largest absolute Gasteiger partial charge is 0.345 e. The minimum absolute atomic E-state index is 0.0349. The first-order chi connectivity index (χ1) is 9.56. The van der Waals surface area contributed by atoms with Crippen LogP contribution in [0.2, 0.25) is 5.15 Å². The second kappa shape index (κ2) is 5.18. The van der Waals surface area contributed by atoms with Gasteiger partial charge in [-0.2, -0.15) is 0 Å². The monoisotopic (exact) mass is 296 g/mol. The molecule has 0 saturated carbocycles. The third-order valence-electron chi connectivity index (χ3n) is 4.23. The summed E-state index contributed by atoms with van der Waals surface area (Å²) in [7, 11) is 0. The molecule has 20 heavy (non-hydrogen) atoms. The molecule has 2 aliphatic rings. The molecular weight excluding hydrogens is 280 g/mol. The molecule has 3 rings (SSSR count). The fourth-order valence-corrected chi connectivity index (χ4v) is 3.40. The predicted octanol–water partition coefficient (Wildman–Crippen LogP) is 2.32. The smallest absolute Gasteiger partial charge is 0.311 e. The van der Waals surface area contributed by atoms with Crippen molar-refractivity contribution in [3.8, 4) is 0 Å². The van der Waals surface area contributed by atoms with Crippen molar-refractivity contribution >= 4 is 23.1 Å². The van der Waals surface area contributed by atoms with Gasteiger partial charge >= 0.3 is 5.69 Å². The Balaban J connectivity index is 1.95. The van der Waals surface area contributed by atoms with Crippen molar-refractivity contribution in [2.75, 3.05) is 24.5 Å². The van der Waals surface area contributed by atoms with Crippen LogP contribution >= 0.6 is 11.6 Å². The van der Waals surface area contributed by atoms with E-state index in [1.165, 1.54) is 18.6 Å². The van der Waals surface area contributed by atoms with Crippen LogP contribution in [0.25, 0.3) is 0 Å². The van der Waals surface area contributed by atoms with Gasteiger partial charge in [-0.05, 0) is 32.4 Å². The first-order valence-corrected chi connectivity index (χ1v) is 7.25. The van der Waals surface area contributed by atoms with Gasteiger partial charge in [0.05, 0.1) is 4.92 Å². The molecule has 6 nitrogen and oxygen atoms in total. The van der Waals surface area contributed by atoms with Gasteiger partial charge in [0.2, 0.25) is 5.82 Å². The Hall–Kier alpha value is -1.40. The Kier molecular flexibility index (Phi) is 3.52. The fraction of sp³-hybridized carbons (Fsp3) is 0.615. The van der Waals surface area contributed by atoms with Crippen LogP contribution in [-0.2, 0) is 0 Å². The van der Waals surface area contributed by atoms with Gasteiger partial charge < -0.3 is 4.90 Å². The van der Waals surface area contributed by atoms with E-state index >= 15 is 0 Å². The van der Waals surface area contributed by atoms with Crippen LogP contribution in [0, 0.1) is 10.1 Å². The Morgan fingerprint density at radius 1 is 1.45 bits per heavy atom. The molecule has 0 spiro atoms. The van der Waals surface area contributed by atoms with Crippen molar-refractivity contribution in [3.05, 3.63) is 27.4 Å². The van der Waals surface area contributed by atoms with E-state index in [0.717, 1.165) is 26.1 Å². The molecule has 7 heteroatoms. The number of hydrogen-bond donors (Lipinski definition) is 0. The number of halogens is 1. The van der Waals surface area contributed by atoms with Crippen molar-refractivity contribution in [2.45, 2.75) is 31.8 Å². The van der Waals surface area contributed by atoms with E-state index in [-0.39, 0.29) is 16.7 Å². The van der Waals surface area contributed by atoms with Crippen molar-refractivity contribution in [1.29, 1.82) is 0 Å². The zero-order chi connectivity index (χ0) is 14.3. The quantitative estimate of drug-likeness (QED) is 0.476. The first-order valence-electron chi connectivity index (χ1n) is 6.88. The summed E-state index contributed by atoms with van der Waals surface area (Å²) in [6.07, 6.45) is 2.36. The number of rotatable bonds is 2. The lowest BCUT2D eigenvalue weighted by molar-refractivity contribution is -0.384. The normalized spacial score (nSPS) is 26.6. The Morgan fingerprint density at radius 3 is 3.00 bits per heavy atom. The molecule has 2 aliphatic heterocycles. The zero-order valence-corrected chi connectivity index (χ0v) is 12.1. The van der Waals surface area contributed by atoms with E-state index in [9.17, 15) is 10.1 Å². The van der Waals surface area contributed by atoms with Crippen LogP contribution < -0.4 is 4.90 Å². The summed E-state index contributed by atoms with van der Waals surface area (Å²) in [5, 5.41) is 11.5. The van der Waals surface area contributed by atoms with Gasteiger partial charge in [-0.1, -0.05) is 11.6 Å². The van der Waals surface area contributed by atoms with E-state index in [1.54, 1.807) is 0 Å². The maximum atomic E-state index is 11.2. The standard InChI is InChI=1S/C13H17ClN4O2/c1-9-7-16-6-2-3-10(16)8-17(9)13-11(18(19)20)4-5-12(14)15-13/h4-5,9-10H,2-3,6-8H2,1H3. The van der Waals surface area contributed by atoms with Crippen LogP contribution in [0.5, 0.6) is 0 Å². The Morgan fingerprint density at radius 2 is 2.25 bits per heavy atom. The average Bonchev–Trinajstić information content (AvgIpc) is 2.84. The second-order valence-electron chi connectivity index (χ2n) is 5.53. The highest BCUT2D eigenvalue weighted by molar-refractivity contribution is 6.29. The van der Waals surface area contributed by atoms with Gasteiger partial charge in [-0.3, -0.25) is 15.0 Å². The minimum Gasteiger partial charge on any atom is -0.345 e. The second-order valence-corrected chi connectivity index (χ2v) is 5.91. The number of piperazine rings is 1. The number of nitro groups is 1. The van der Waals surface area contributed by atoms with Crippen LogP contribution in [-0.4, -0.2) is 46.5 Å². The Bertz CT molecular complexity index is 539. The van der Waals surface area contributed by atoms with Crippen LogP contribution in [0.1, 0.15) is 19.8 Å². The maximum absolute atomic E-state index is 11.2. The molecule has 0 radical (unpaired) electrons. The predicted molar refractivity (Wildman–Crippen MR) is 77.3 cm³/mol. The molecule has 0 bridgehead atoms. The highest BCUT2D eigenvalue weighted by Crippen LogP contribution is 2.33. The summed E-state index contributed by atoms with van der Waals surface area (Å²) < 4.78 is 0. The summed E-state index contributed by atoms with van der Waals surface area (Å²) in [5.74, 6) is 0.404. The molecule has 0 amide bonds. The molecule has 0 aromatic carbocycles. The van der Waals surface area contributed by atoms with Crippen LogP contribution in [0.4, 0.5) is 11.5 Å². The third-order valence-corrected chi connectivity index (χ3v) is 4.44. The topological polar surface area (TPSA) is 62.5 Å². The molecule has 0 aliphatic carbocycles. The molecule has 108 valence electrons. The van der Waals surface area contributed by atoms with E-state index in [2.05, 4.69) is 16.8 Å². The number of nitrogens with zero attached hydrogens (tertiary/aromatic N) is 4. The van der Waals surface area contributed by atoms with Crippen molar-refractivity contribution in [3.63, 3.8) is 0 Å². The highest BCUT2D eigenvalue weighted by Gasteiger charge is 2.37. The van der Waals surface area contributed by atoms with E-state index < -0.39 is 0 Å². The summed E-state index contributed by atoms with van der Waals surface area (Å²) >= 11 is 5.93. The third kappa shape index (κ3) is 2.33. The Labute approximate surface area is 122 Å². The number of anilines is 1. The number of aromatic nitrogens is 1. The average molecular weight is 297 g/mol. The molecular formula is C13H17ClN4O2. The number of fused-ring (bicyclic) bond motifs is 1. The lowest BCUT2D eigenvalue weighted by atomic mass is 10.1. The van der Waals surface area contributed by atoms with E-state index in [4.69, 9.17) is 11.6 Å². The van der Waals surface area contributed by atoms with Crippen molar-refractivity contribution in [2.24, 2.45) is 0 Å². The molecule has 2 atom stereocenters. The van der Waals surface area contributed by atoms with Crippen LogP contribution in [0.3, 0.4) is 0 Å². The maximum Gasteiger partial charge on any atom is 0.311 e. The molecule has 0 N–H and O–H groups in total. The number of pyridine rings is 1. The zero-order valence-electron chi connectivity index (χ0n) is 11.3.